The van der Waals surface area contributed by atoms with E-state index in [9.17, 15) is 0 Å². The zero-order chi connectivity index (χ0) is 26.1. The predicted octanol–water partition coefficient (Wildman–Crippen LogP) is 9.08. The minimum Gasteiger partial charge on any atom is -0.0961 e. The predicted molar refractivity (Wildman–Crippen MR) is 166 cm³/mol. The molecule has 0 nitrogen and oxygen atoms in total. The maximum Gasteiger partial charge on any atom is 0.113 e. The van der Waals surface area contributed by atoms with Gasteiger partial charge in [-0.1, -0.05) is 104 Å². The van der Waals surface area contributed by atoms with Crippen molar-refractivity contribution in [3.63, 3.8) is 0 Å². The first-order valence-electron chi connectivity index (χ1n) is 14.8. The molecular formula is C38H33B. The Morgan fingerprint density at radius 1 is 0.667 bits per heavy atom. The molecule has 1 spiro atoms. The molecule has 0 N–H and O–H groups in total. The van der Waals surface area contributed by atoms with Gasteiger partial charge in [-0.2, -0.15) is 0 Å². The van der Waals surface area contributed by atoms with Crippen LogP contribution in [-0.2, 0) is 5.41 Å². The van der Waals surface area contributed by atoms with Gasteiger partial charge in [0.15, 0.2) is 0 Å². The highest BCUT2D eigenvalue weighted by molar-refractivity contribution is 6.32. The Bertz CT molecular complexity index is 1750. The van der Waals surface area contributed by atoms with Gasteiger partial charge in [0.25, 0.3) is 0 Å². The van der Waals surface area contributed by atoms with Crippen LogP contribution in [0.15, 0.2) is 103 Å². The summed E-state index contributed by atoms with van der Waals surface area (Å²) in [4.78, 5) is 0. The van der Waals surface area contributed by atoms with Gasteiger partial charge in [0.1, 0.15) is 7.85 Å². The van der Waals surface area contributed by atoms with Crippen LogP contribution in [0, 0.1) is 17.8 Å². The normalized spacial score (nSPS) is 24.7. The van der Waals surface area contributed by atoms with E-state index in [-0.39, 0.29) is 5.41 Å². The van der Waals surface area contributed by atoms with E-state index in [1.807, 2.05) is 6.07 Å². The topological polar surface area (TPSA) is 0 Å². The van der Waals surface area contributed by atoms with Crippen LogP contribution in [0.5, 0.6) is 0 Å². The molecule has 39 heavy (non-hydrogen) atoms. The molecule has 1 heteroatoms. The van der Waals surface area contributed by atoms with Crippen LogP contribution in [0.1, 0.15) is 50.2 Å². The summed E-state index contributed by atoms with van der Waals surface area (Å²) in [6, 6.07) is 38.5. The molecule has 0 heterocycles. The van der Waals surface area contributed by atoms with Crippen molar-refractivity contribution in [2.45, 2.75) is 44.4 Å². The SMILES string of the molecule is [B]c1cccc(-c2cccc(-c3cccc4c3C3(CC5CC(CC)C[C@@H]3C5)c3cc5ccccc5cc3-4)c2)c1. The summed E-state index contributed by atoms with van der Waals surface area (Å²) in [5.41, 5.74) is 12.2. The lowest BCUT2D eigenvalue weighted by Crippen LogP contribution is -2.31. The Hall–Kier alpha value is -3.58. The van der Waals surface area contributed by atoms with Crippen LogP contribution in [0.2, 0.25) is 0 Å². The first-order chi connectivity index (χ1) is 19.1. The molecule has 2 bridgehead atoms. The molecule has 2 saturated carbocycles. The van der Waals surface area contributed by atoms with E-state index in [1.165, 1.54) is 76.3 Å². The van der Waals surface area contributed by atoms with Crippen molar-refractivity contribution in [1.29, 1.82) is 0 Å². The fourth-order valence-electron chi connectivity index (χ4n) is 8.77. The van der Waals surface area contributed by atoms with Crippen molar-refractivity contribution < 1.29 is 0 Å². The summed E-state index contributed by atoms with van der Waals surface area (Å²) in [5, 5.41) is 2.72. The smallest absolute Gasteiger partial charge is 0.0961 e. The molecule has 188 valence electrons. The average Bonchev–Trinajstić information content (AvgIpc) is 3.41. The van der Waals surface area contributed by atoms with E-state index in [4.69, 9.17) is 7.85 Å². The van der Waals surface area contributed by atoms with E-state index in [0.29, 0.717) is 5.92 Å². The second-order valence-electron chi connectivity index (χ2n) is 12.4. The second kappa shape index (κ2) is 8.72. The van der Waals surface area contributed by atoms with E-state index in [2.05, 4.69) is 104 Å². The van der Waals surface area contributed by atoms with Crippen LogP contribution < -0.4 is 5.46 Å². The minimum atomic E-state index is 0.104. The van der Waals surface area contributed by atoms with Gasteiger partial charge in [0.2, 0.25) is 0 Å². The number of benzene rings is 5. The van der Waals surface area contributed by atoms with E-state index in [0.717, 1.165) is 17.3 Å². The van der Waals surface area contributed by atoms with Crippen LogP contribution in [0.25, 0.3) is 44.2 Å². The first-order valence-corrected chi connectivity index (χ1v) is 14.8. The number of fused-ring (bicyclic) bond motifs is 9. The van der Waals surface area contributed by atoms with Gasteiger partial charge < -0.3 is 0 Å². The van der Waals surface area contributed by atoms with Gasteiger partial charge in [-0.05, 0) is 117 Å². The largest absolute Gasteiger partial charge is 0.113 e. The highest BCUT2D eigenvalue weighted by atomic mass is 14.6. The van der Waals surface area contributed by atoms with Crippen molar-refractivity contribution in [3.8, 4) is 33.4 Å². The zero-order valence-electron chi connectivity index (χ0n) is 22.7. The molecule has 2 fully saturated rings. The Morgan fingerprint density at radius 2 is 1.38 bits per heavy atom. The van der Waals surface area contributed by atoms with Crippen molar-refractivity contribution in [3.05, 3.63) is 114 Å². The van der Waals surface area contributed by atoms with Gasteiger partial charge >= 0.3 is 0 Å². The molecule has 3 aliphatic rings. The number of rotatable bonds is 3. The summed E-state index contributed by atoms with van der Waals surface area (Å²) in [5.74, 6) is 2.39. The quantitative estimate of drug-likeness (QED) is 0.217. The van der Waals surface area contributed by atoms with Crippen molar-refractivity contribution >= 4 is 24.1 Å². The standard InChI is InChI=1S/C38H33B/c1-2-24-16-25-18-31(17-24)38(23-25)36-22-29-9-4-3-8-28(29)21-35(36)34-15-7-14-33(37(34)38)30-12-5-10-26(19-30)27-11-6-13-32(39)20-27/h3-15,19-22,24-25,31H,2,16-18,23H2,1H3/t24?,25?,31-,38?/m1/s1. The molecule has 0 aliphatic heterocycles. The summed E-state index contributed by atoms with van der Waals surface area (Å²) in [7, 11) is 6.16. The molecule has 0 aromatic heterocycles. The maximum absolute atomic E-state index is 6.16. The lowest BCUT2D eigenvalue weighted by molar-refractivity contribution is 0.237. The Labute approximate surface area is 233 Å². The zero-order valence-corrected chi connectivity index (χ0v) is 22.7. The van der Waals surface area contributed by atoms with Crippen molar-refractivity contribution in [2.75, 3.05) is 0 Å². The molecule has 0 saturated heterocycles. The van der Waals surface area contributed by atoms with Gasteiger partial charge in [-0.3, -0.25) is 0 Å². The third kappa shape index (κ3) is 3.45. The summed E-state index contributed by atoms with van der Waals surface area (Å²) < 4.78 is 0. The molecular weight excluding hydrogens is 467 g/mol. The van der Waals surface area contributed by atoms with Gasteiger partial charge in [-0.25, -0.2) is 0 Å². The molecule has 5 aromatic carbocycles. The molecule has 3 aliphatic carbocycles. The van der Waals surface area contributed by atoms with Crippen molar-refractivity contribution in [2.24, 2.45) is 17.8 Å². The van der Waals surface area contributed by atoms with Crippen LogP contribution >= 0.6 is 0 Å². The molecule has 5 aromatic rings. The molecule has 2 radical (unpaired) electrons. The van der Waals surface area contributed by atoms with E-state index in [1.54, 1.807) is 11.1 Å². The van der Waals surface area contributed by atoms with Crippen LogP contribution in [0.4, 0.5) is 0 Å². The third-order valence-corrected chi connectivity index (χ3v) is 10.3. The maximum atomic E-state index is 6.16. The highest BCUT2D eigenvalue weighted by Crippen LogP contribution is 2.67. The van der Waals surface area contributed by atoms with E-state index < -0.39 is 0 Å². The molecule has 8 rings (SSSR count). The number of hydrogen-bond donors (Lipinski definition) is 0. The van der Waals surface area contributed by atoms with Gasteiger partial charge in [0, 0.05) is 5.41 Å². The first kappa shape index (κ1) is 23.3. The fraction of sp³-hybridized carbons (Fsp3) is 0.263. The summed E-state index contributed by atoms with van der Waals surface area (Å²) in [6.07, 6.45) is 6.74. The lowest BCUT2D eigenvalue weighted by Gasteiger charge is -2.37. The van der Waals surface area contributed by atoms with Gasteiger partial charge in [0.05, 0.1) is 0 Å². The summed E-state index contributed by atoms with van der Waals surface area (Å²) in [6.45, 7) is 2.40. The molecule has 0 amide bonds. The van der Waals surface area contributed by atoms with Crippen molar-refractivity contribution in [1.82, 2.24) is 0 Å². The Balaban J connectivity index is 1.38. The Morgan fingerprint density at radius 3 is 2.21 bits per heavy atom. The number of hydrogen-bond acceptors (Lipinski definition) is 0. The Kier molecular flexibility index (Phi) is 5.21. The highest BCUT2D eigenvalue weighted by Gasteiger charge is 2.57. The fourth-order valence-corrected chi connectivity index (χ4v) is 8.77. The second-order valence-corrected chi connectivity index (χ2v) is 12.4. The van der Waals surface area contributed by atoms with Crippen LogP contribution in [0.3, 0.4) is 0 Å². The van der Waals surface area contributed by atoms with Gasteiger partial charge in [-0.15, -0.1) is 0 Å². The van der Waals surface area contributed by atoms with E-state index >= 15 is 0 Å². The molecule has 3 unspecified atom stereocenters. The van der Waals surface area contributed by atoms with Crippen LogP contribution in [-0.4, -0.2) is 7.85 Å². The minimum absolute atomic E-state index is 0.104. The average molecular weight is 500 g/mol. The molecule has 4 atom stereocenters. The summed E-state index contributed by atoms with van der Waals surface area (Å²) >= 11 is 0. The lowest BCUT2D eigenvalue weighted by atomic mass is 9.66. The monoisotopic (exact) mass is 500 g/mol. The third-order valence-electron chi connectivity index (χ3n) is 10.3.